The SMILES string of the molecule is Nc1ccc(CCCCN2CCCCC2)c(F)c1. The molecule has 2 nitrogen and oxygen atoms in total. The number of piperidine rings is 1. The highest BCUT2D eigenvalue weighted by molar-refractivity contribution is 5.40. The zero-order valence-electron chi connectivity index (χ0n) is 11.0. The van der Waals surface area contributed by atoms with E-state index in [1.54, 1.807) is 6.07 Å². The van der Waals surface area contributed by atoms with Gasteiger partial charge in [0, 0.05) is 5.69 Å². The zero-order valence-corrected chi connectivity index (χ0v) is 11.0. The predicted molar refractivity (Wildman–Crippen MR) is 74.0 cm³/mol. The Morgan fingerprint density at radius 1 is 1.11 bits per heavy atom. The van der Waals surface area contributed by atoms with Crippen LogP contribution >= 0.6 is 0 Å². The van der Waals surface area contributed by atoms with Gasteiger partial charge in [-0.1, -0.05) is 12.5 Å². The van der Waals surface area contributed by atoms with Crippen LogP contribution in [0.25, 0.3) is 0 Å². The topological polar surface area (TPSA) is 29.3 Å². The first-order valence-electron chi connectivity index (χ1n) is 7.02. The summed E-state index contributed by atoms with van der Waals surface area (Å²) in [7, 11) is 0. The molecule has 1 aliphatic rings. The molecule has 3 heteroatoms. The van der Waals surface area contributed by atoms with E-state index in [0.717, 1.165) is 31.4 Å². The Kier molecular flexibility index (Phi) is 5.00. The number of anilines is 1. The maximum absolute atomic E-state index is 13.5. The lowest BCUT2D eigenvalue weighted by Crippen LogP contribution is -2.30. The number of halogens is 1. The first-order chi connectivity index (χ1) is 8.75. The van der Waals surface area contributed by atoms with E-state index < -0.39 is 0 Å². The van der Waals surface area contributed by atoms with Gasteiger partial charge in [0.2, 0.25) is 0 Å². The summed E-state index contributed by atoms with van der Waals surface area (Å²) in [6.45, 7) is 3.66. The van der Waals surface area contributed by atoms with Crippen LogP contribution in [-0.2, 0) is 6.42 Å². The third kappa shape index (κ3) is 3.98. The minimum absolute atomic E-state index is 0.159. The van der Waals surface area contributed by atoms with Crippen LogP contribution in [0.1, 0.15) is 37.7 Å². The fourth-order valence-electron chi connectivity index (χ4n) is 2.60. The molecule has 1 aliphatic heterocycles. The van der Waals surface area contributed by atoms with Crippen LogP contribution in [0, 0.1) is 5.82 Å². The lowest BCUT2D eigenvalue weighted by molar-refractivity contribution is 0.225. The molecule has 0 aliphatic carbocycles. The highest BCUT2D eigenvalue weighted by Gasteiger charge is 2.09. The molecule has 1 aromatic carbocycles. The second-order valence-corrected chi connectivity index (χ2v) is 5.21. The van der Waals surface area contributed by atoms with Gasteiger partial charge in [-0.25, -0.2) is 4.39 Å². The molecule has 2 N–H and O–H groups in total. The number of unbranched alkanes of at least 4 members (excludes halogenated alkanes) is 1. The average Bonchev–Trinajstić information content (AvgIpc) is 2.38. The van der Waals surface area contributed by atoms with Gasteiger partial charge in [-0.05, 0) is 69.4 Å². The normalized spacial score (nSPS) is 16.9. The second kappa shape index (κ2) is 6.74. The van der Waals surface area contributed by atoms with Crippen LogP contribution in [0.15, 0.2) is 18.2 Å². The Labute approximate surface area is 109 Å². The molecule has 0 atom stereocenters. The molecular formula is C15H23FN2. The van der Waals surface area contributed by atoms with Gasteiger partial charge in [-0.15, -0.1) is 0 Å². The van der Waals surface area contributed by atoms with Gasteiger partial charge >= 0.3 is 0 Å². The number of nitrogen functional groups attached to an aromatic ring is 1. The Hall–Kier alpha value is -1.09. The number of nitrogens with zero attached hydrogens (tertiary/aromatic N) is 1. The van der Waals surface area contributed by atoms with Crippen molar-refractivity contribution in [3.63, 3.8) is 0 Å². The fraction of sp³-hybridized carbons (Fsp3) is 0.600. The number of likely N-dealkylation sites (tertiary alicyclic amines) is 1. The molecule has 18 heavy (non-hydrogen) atoms. The van der Waals surface area contributed by atoms with E-state index in [9.17, 15) is 4.39 Å². The van der Waals surface area contributed by atoms with Crippen molar-refractivity contribution in [3.05, 3.63) is 29.6 Å². The summed E-state index contributed by atoms with van der Waals surface area (Å²) in [5.74, 6) is -0.159. The van der Waals surface area contributed by atoms with Crippen LogP contribution in [0.2, 0.25) is 0 Å². The van der Waals surface area contributed by atoms with Crippen molar-refractivity contribution in [2.75, 3.05) is 25.4 Å². The molecule has 1 fully saturated rings. The van der Waals surface area contributed by atoms with Gasteiger partial charge in [-0.2, -0.15) is 0 Å². The Bertz CT molecular complexity index is 373. The zero-order chi connectivity index (χ0) is 12.8. The molecule has 0 saturated carbocycles. The lowest BCUT2D eigenvalue weighted by atomic mass is 10.1. The second-order valence-electron chi connectivity index (χ2n) is 5.21. The number of aryl methyl sites for hydroxylation is 1. The molecule has 0 aromatic heterocycles. The van der Waals surface area contributed by atoms with Gasteiger partial charge in [0.1, 0.15) is 5.82 Å². The number of rotatable bonds is 5. The van der Waals surface area contributed by atoms with Crippen LogP contribution in [0.4, 0.5) is 10.1 Å². The van der Waals surface area contributed by atoms with E-state index in [0.29, 0.717) is 5.69 Å². The summed E-state index contributed by atoms with van der Waals surface area (Å²) in [5, 5.41) is 0. The Balaban J connectivity index is 1.68. The average molecular weight is 250 g/mol. The third-order valence-corrected chi connectivity index (χ3v) is 3.70. The summed E-state index contributed by atoms with van der Waals surface area (Å²) in [6.07, 6.45) is 7.09. The van der Waals surface area contributed by atoms with E-state index in [2.05, 4.69) is 4.90 Å². The number of benzene rings is 1. The standard InChI is InChI=1S/C15H23FN2/c16-15-12-14(17)8-7-13(15)6-2-5-11-18-9-3-1-4-10-18/h7-8,12H,1-6,9-11,17H2. The number of hydrogen-bond donors (Lipinski definition) is 1. The minimum atomic E-state index is -0.159. The van der Waals surface area contributed by atoms with Gasteiger partial charge in [-0.3, -0.25) is 0 Å². The highest BCUT2D eigenvalue weighted by atomic mass is 19.1. The van der Waals surface area contributed by atoms with Crippen molar-refractivity contribution >= 4 is 5.69 Å². The largest absolute Gasteiger partial charge is 0.399 e. The predicted octanol–water partition coefficient (Wildman–Crippen LogP) is 3.22. The van der Waals surface area contributed by atoms with Crippen LogP contribution < -0.4 is 5.73 Å². The van der Waals surface area contributed by atoms with Crippen molar-refractivity contribution in [2.24, 2.45) is 0 Å². The van der Waals surface area contributed by atoms with Crippen molar-refractivity contribution in [1.29, 1.82) is 0 Å². The van der Waals surface area contributed by atoms with Crippen LogP contribution in [0.5, 0.6) is 0 Å². The van der Waals surface area contributed by atoms with Crippen LogP contribution in [-0.4, -0.2) is 24.5 Å². The van der Waals surface area contributed by atoms with Gasteiger partial charge in [0.25, 0.3) is 0 Å². The minimum Gasteiger partial charge on any atom is -0.399 e. The molecule has 2 rings (SSSR count). The summed E-state index contributed by atoms with van der Waals surface area (Å²) < 4.78 is 13.5. The van der Waals surface area contributed by atoms with Crippen LogP contribution in [0.3, 0.4) is 0 Å². The van der Waals surface area contributed by atoms with E-state index in [1.807, 2.05) is 6.07 Å². The smallest absolute Gasteiger partial charge is 0.128 e. The highest BCUT2D eigenvalue weighted by Crippen LogP contribution is 2.15. The maximum Gasteiger partial charge on any atom is 0.128 e. The van der Waals surface area contributed by atoms with Crippen molar-refractivity contribution in [3.8, 4) is 0 Å². The van der Waals surface area contributed by atoms with E-state index in [-0.39, 0.29) is 5.82 Å². The molecule has 0 amide bonds. The molecule has 0 bridgehead atoms. The fourth-order valence-corrected chi connectivity index (χ4v) is 2.60. The summed E-state index contributed by atoms with van der Waals surface area (Å²) in [4.78, 5) is 2.53. The Morgan fingerprint density at radius 3 is 2.61 bits per heavy atom. The number of hydrogen-bond acceptors (Lipinski definition) is 2. The van der Waals surface area contributed by atoms with Gasteiger partial charge in [0.15, 0.2) is 0 Å². The monoisotopic (exact) mass is 250 g/mol. The third-order valence-electron chi connectivity index (χ3n) is 3.70. The van der Waals surface area contributed by atoms with Gasteiger partial charge in [0.05, 0.1) is 0 Å². The molecule has 0 radical (unpaired) electrons. The van der Waals surface area contributed by atoms with Crippen molar-refractivity contribution < 1.29 is 4.39 Å². The molecule has 1 heterocycles. The van der Waals surface area contributed by atoms with E-state index in [1.165, 1.54) is 38.4 Å². The van der Waals surface area contributed by atoms with E-state index >= 15 is 0 Å². The first kappa shape index (κ1) is 13.3. The molecule has 0 spiro atoms. The van der Waals surface area contributed by atoms with Gasteiger partial charge < -0.3 is 10.6 Å². The van der Waals surface area contributed by atoms with Crippen molar-refractivity contribution in [1.82, 2.24) is 4.90 Å². The molecular weight excluding hydrogens is 227 g/mol. The van der Waals surface area contributed by atoms with E-state index in [4.69, 9.17) is 5.73 Å². The quantitative estimate of drug-likeness (QED) is 0.642. The summed E-state index contributed by atoms with van der Waals surface area (Å²) >= 11 is 0. The lowest BCUT2D eigenvalue weighted by Gasteiger charge is -2.26. The number of nitrogens with two attached hydrogens (primary N) is 1. The Morgan fingerprint density at radius 2 is 1.89 bits per heavy atom. The summed E-state index contributed by atoms with van der Waals surface area (Å²) in [6, 6.07) is 5.01. The first-order valence-corrected chi connectivity index (χ1v) is 7.02. The summed E-state index contributed by atoms with van der Waals surface area (Å²) in [5.41, 5.74) is 6.83. The molecule has 1 aromatic rings. The maximum atomic E-state index is 13.5. The van der Waals surface area contributed by atoms with Crippen molar-refractivity contribution in [2.45, 2.75) is 38.5 Å². The molecule has 1 saturated heterocycles. The molecule has 0 unspecified atom stereocenters. The molecule has 100 valence electrons.